The maximum atomic E-state index is 12.9. The lowest BCUT2D eigenvalue weighted by Crippen LogP contribution is -2.42. The number of benzene rings is 13. The fourth-order valence-corrected chi connectivity index (χ4v) is 14.0. The van der Waals surface area contributed by atoms with Crippen LogP contribution in [-0.4, -0.2) is 81.8 Å². The number of nitrogens with zero attached hydrogens (tertiary/aromatic N) is 4. The van der Waals surface area contributed by atoms with Crippen molar-refractivity contribution in [3.8, 4) is 5.75 Å². The van der Waals surface area contributed by atoms with Gasteiger partial charge in [0, 0.05) is 70.9 Å². The molecule has 672 valence electrons. The van der Waals surface area contributed by atoms with Crippen molar-refractivity contribution in [2.45, 2.75) is 30.2 Å². The molecule has 0 aliphatic carbocycles. The third-order valence-corrected chi connectivity index (χ3v) is 22.3. The lowest BCUT2D eigenvalue weighted by Gasteiger charge is -2.19. The van der Waals surface area contributed by atoms with Crippen LogP contribution in [0.25, 0.3) is 0 Å². The van der Waals surface area contributed by atoms with Crippen LogP contribution in [0.1, 0.15) is 138 Å². The van der Waals surface area contributed by atoms with Crippen LogP contribution in [-0.2, 0) is 14.4 Å². The third-order valence-electron chi connectivity index (χ3n) is 19.6. The third kappa shape index (κ3) is 30.1. The highest BCUT2D eigenvalue weighted by Gasteiger charge is 2.29. The molecule has 2 heterocycles. The summed E-state index contributed by atoms with van der Waals surface area (Å²) in [7, 11) is 1.55. The summed E-state index contributed by atoms with van der Waals surface area (Å²) in [5.41, 5.74) is 21.1. The first-order valence-corrected chi connectivity index (χ1v) is 44.5. The molecule has 13 aromatic carbocycles. The molecule has 2 aromatic heterocycles. The zero-order valence-electron chi connectivity index (χ0n) is 71.2. The van der Waals surface area contributed by atoms with E-state index < -0.39 is 47.7 Å². The summed E-state index contributed by atoms with van der Waals surface area (Å²) < 4.78 is 6.85. The van der Waals surface area contributed by atoms with E-state index in [1.165, 1.54) is 6.07 Å². The van der Waals surface area contributed by atoms with E-state index in [9.17, 15) is 38.4 Å². The number of ether oxygens (including phenoxy) is 1. The molecule has 0 aliphatic rings. The molecular weight excluding hydrogens is 1920 g/mol. The van der Waals surface area contributed by atoms with Crippen LogP contribution in [0.4, 0.5) is 0 Å². The van der Waals surface area contributed by atoms with Crippen molar-refractivity contribution < 1.29 is 43.1 Å². The summed E-state index contributed by atoms with van der Waals surface area (Å²) in [6.07, 6.45) is 3.41. The number of carbonyl (C=O) groups is 8. The van der Waals surface area contributed by atoms with E-state index in [0.29, 0.717) is 92.1 Å². The van der Waals surface area contributed by atoms with Gasteiger partial charge in [0.1, 0.15) is 41.4 Å². The Bertz CT molecular complexity index is 6400. The monoisotopic (exact) mass is 2000 g/mol. The van der Waals surface area contributed by atoms with E-state index in [1.807, 2.05) is 140 Å². The van der Waals surface area contributed by atoms with Gasteiger partial charge in [-0.15, -0.1) is 0 Å². The minimum atomic E-state index is -0.977. The Balaban J connectivity index is 0.000000161. The molecule has 0 bridgehead atoms. The van der Waals surface area contributed by atoms with Crippen molar-refractivity contribution in [2.24, 2.45) is 21.5 Å². The number of nitrogens with one attached hydrogen (secondary N) is 7. The van der Waals surface area contributed by atoms with Gasteiger partial charge in [0.2, 0.25) is 0 Å². The first-order chi connectivity index (χ1) is 64.9. The molecule has 22 nitrogen and oxygen atoms in total. The molecule has 0 saturated heterocycles. The van der Waals surface area contributed by atoms with Crippen LogP contribution in [0.3, 0.4) is 0 Å². The van der Waals surface area contributed by atoms with Gasteiger partial charge in [0.05, 0.1) is 50.7 Å². The molecule has 0 fully saturated rings. The highest BCUT2D eigenvalue weighted by atomic mass is 79.9. The fraction of sp³-hybridized carbons (Fsp3) is 0.0571. The first kappa shape index (κ1) is 99.7. The molecule has 3 unspecified atom stereocenters. The number of halogens is 7. The summed E-state index contributed by atoms with van der Waals surface area (Å²) in [6.45, 7) is 0. The second kappa shape index (κ2) is 51.1. The largest absolute Gasteiger partial charge is 0.497 e. The van der Waals surface area contributed by atoms with Crippen molar-refractivity contribution >= 4 is 155 Å². The summed E-state index contributed by atoms with van der Waals surface area (Å²) in [6, 6.07) is 108. The Morgan fingerprint density at radius 3 is 0.970 bits per heavy atom. The maximum Gasteiger partial charge on any atom is 0.274 e. The number of aromatic nitrogens is 2. The quantitative estimate of drug-likeness (QED) is 0.0201. The zero-order chi connectivity index (χ0) is 95.3. The molecule has 0 saturated carbocycles. The minimum absolute atomic E-state index is 0.0322. The average Bonchev–Trinajstić information content (AvgIpc) is 0.812. The SMILES string of the molecule is COc1ccc(C(=O)NC(C(=O)NC(=N)c2ccccc2)c2ccccc2)cc1.NC(=NC(=O)C(NC(=O)c1cccc(Cl)c1)c1ccccc1)c1ccccc1.NC(=NC(=O)C(NC(=O)c1ccccc1)c1ccccc1)c1ccccc1.O=C(N[C@@H](c1ccccc1)c1ccc(Br)cn1)c1ccc(Cl)c(Cl)c1.O=C(N[C@H](c1ccccc1)c1ccc(Br)cn1)c1ccc(Cl)c(Cl)c1. The first-order valence-electron chi connectivity index (χ1n) is 41.0. The molecule has 0 aliphatic heterocycles. The van der Waals surface area contributed by atoms with Gasteiger partial charge in [0.25, 0.3) is 47.3 Å². The number of hydrogen-bond donors (Lipinski definition) is 9. The van der Waals surface area contributed by atoms with E-state index >= 15 is 0 Å². The van der Waals surface area contributed by atoms with Crippen molar-refractivity contribution in [2.75, 3.05) is 7.11 Å². The second-order valence-corrected chi connectivity index (χ2v) is 32.8. The molecule has 15 rings (SSSR count). The standard InChI is InChI=1S/C23H21N3O3.C22H18ClN3O2.C22H19N3O2.2C19H13BrCl2N2O/c1-29-19-14-12-18(13-15-19)22(27)25-20(16-8-4-2-5-9-16)23(28)26-21(24)17-10-6-3-7-11-17;23-18-13-7-12-17(14-18)21(27)25-19(15-8-3-1-4-9-15)22(28)26-20(24)16-10-5-2-6-11-16;23-20(17-12-6-2-7-13-17)25-22(27)19(16-10-4-1-5-11-16)24-21(26)18-14-8-3-9-15-18;2*20-14-7-9-17(23-11-14)18(12-4-2-1-3-5-12)24-19(25)13-6-8-15(21)16(22)10-13/h2-15,20H,1H3,(H,25,27)(H2,24,26,28);1-14,19H,(H,25,27)(H2,24,26,28);1-15,19H,(H,24,26)(H2,23,25,27);2*1-11,18H,(H,24,25)/t;;;2*18-/m...10/s1. The van der Waals surface area contributed by atoms with Gasteiger partial charge in [-0.25, -0.2) is 0 Å². The van der Waals surface area contributed by atoms with Crippen LogP contribution in [0.15, 0.2) is 414 Å². The highest BCUT2D eigenvalue weighted by Crippen LogP contribution is 2.30. The number of aliphatic imine (C=N–C) groups is 2. The summed E-state index contributed by atoms with van der Waals surface area (Å²) in [5, 5.41) is 26.9. The lowest BCUT2D eigenvalue weighted by molar-refractivity contribution is -0.122. The van der Waals surface area contributed by atoms with Gasteiger partial charge in [-0.3, -0.25) is 53.7 Å². The van der Waals surface area contributed by atoms with Gasteiger partial charge in [0.15, 0.2) is 0 Å². The second-order valence-electron chi connectivity index (χ2n) is 28.9. The molecule has 8 amide bonds. The average molecular weight is 2010 g/mol. The molecule has 0 spiro atoms. The van der Waals surface area contributed by atoms with Crippen molar-refractivity contribution in [1.82, 2.24) is 41.9 Å². The zero-order valence-corrected chi connectivity index (χ0v) is 78.1. The number of carbonyl (C=O) groups excluding carboxylic acids is 8. The number of hydrogen-bond acceptors (Lipinski definition) is 12. The van der Waals surface area contributed by atoms with Crippen LogP contribution in [0.2, 0.25) is 25.1 Å². The fourth-order valence-electron chi connectivity index (χ4n) is 12.8. The molecule has 29 heteroatoms. The van der Waals surface area contributed by atoms with E-state index in [2.05, 4.69) is 83.7 Å². The summed E-state index contributed by atoms with van der Waals surface area (Å²) in [4.78, 5) is 119. The number of amidine groups is 3. The molecular formula is C105H84Br2Cl5N13O9. The normalized spacial score (nSPS) is 11.9. The van der Waals surface area contributed by atoms with Gasteiger partial charge in [-0.2, -0.15) is 9.98 Å². The summed E-state index contributed by atoms with van der Waals surface area (Å²) >= 11 is 36.6. The molecule has 134 heavy (non-hydrogen) atoms. The Hall–Kier alpha value is -14.9. The number of methoxy groups -OCH3 is 1. The van der Waals surface area contributed by atoms with E-state index in [0.717, 1.165) is 31.5 Å². The number of nitrogens with two attached hydrogens (primary N) is 2. The maximum absolute atomic E-state index is 12.9. The lowest BCUT2D eigenvalue weighted by atomic mass is 10.0. The van der Waals surface area contributed by atoms with Crippen molar-refractivity contribution in [3.63, 3.8) is 0 Å². The van der Waals surface area contributed by atoms with Crippen LogP contribution in [0.5, 0.6) is 5.75 Å². The van der Waals surface area contributed by atoms with Gasteiger partial charge in [-0.1, -0.05) is 325 Å². The van der Waals surface area contributed by atoms with E-state index in [4.69, 9.17) is 79.6 Å². The molecule has 15 aromatic rings. The Morgan fingerprint density at radius 2 is 0.619 bits per heavy atom. The smallest absolute Gasteiger partial charge is 0.274 e. The van der Waals surface area contributed by atoms with Gasteiger partial charge >= 0.3 is 0 Å². The Kier molecular flexibility index (Phi) is 38.0. The number of rotatable bonds is 24. The summed E-state index contributed by atoms with van der Waals surface area (Å²) in [5.74, 6) is -2.49. The Labute approximate surface area is 815 Å². The predicted octanol–water partition coefficient (Wildman–Crippen LogP) is 21.5. The minimum Gasteiger partial charge on any atom is -0.497 e. The topological polar surface area (TPSA) is 344 Å². The van der Waals surface area contributed by atoms with E-state index in [-0.39, 0.29) is 47.3 Å². The predicted molar refractivity (Wildman–Crippen MR) is 535 cm³/mol. The number of amides is 8. The molecule has 11 N–H and O–H groups in total. The highest BCUT2D eigenvalue weighted by molar-refractivity contribution is 9.10. The molecule has 5 atom stereocenters. The van der Waals surface area contributed by atoms with Crippen molar-refractivity contribution in [3.05, 3.63) is 512 Å². The van der Waals surface area contributed by atoms with Gasteiger partial charge in [-0.05, 0) is 175 Å². The van der Waals surface area contributed by atoms with Crippen molar-refractivity contribution in [1.29, 1.82) is 5.41 Å². The van der Waals surface area contributed by atoms with Crippen LogP contribution < -0.4 is 48.1 Å². The van der Waals surface area contributed by atoms with Crippen LogP contribution >= 0.6 is 89.9 Å². The van der Waals surface area contributed by atoms with Crippen LogP contribution in [0, 0.1) is 5.41 Å². The van der Waals surface area contributed by atoms with Gasteiger partial charge < -0.3 is 48.1 Å². The van der Waals surface area contributed by atoms with E-state index in [1.54, 1.807) is 256 Å². The Morgan fingerprint density at radius 1 is 0.321 bits per heavy atom. The molecule has 0 radical (unpaired) electrons. The number of pyridine rings is 2.